The third-order valence-corrected chi connectivity index (χ3v) is 5.53. The fourth-order valence-electron chi connectivity index (χ4n) is 3.13. The molecule has 3 rings (SSSR count). The summed E-state index contributed by atoms with van der Waals surface area (Å²) < 4.78 is 5.34. The summed E-state index contributed by atoms with van der Waals surface area (Å²) in [5.41, 5.74) is 1.36. The Hall–Kier alpha value is -3.05. The van der Waals surface area contributed by atoms with Crippen molar-refractivity contribution >= 4 is 50.7 Å². The number of thiocarbonyl (C=S) groups is 1. The highest BCUT2D eigenvalue weighted by Crippen LogP contribution is 2.35. The van der Waals surface area contributed by atoms with Crippen LogP contribution < -0.4 is 10.6 Å². The summed E-state index contributed by atoms with van der Waals surface area (Å²) in [6.07, 6.45) is 1.67. The number of benzene rings is 1. The number of aryl methyl sites for hydroxylation is 1. The lowest BCUT2D eigenvalue weighted by atomic mass is 9.94. The monoisotopic (exact) mass is 491 g/mol. The lowest BCUT2D eigenvalue weighted by molar-refractivity contribution is -0.385. The third kappa shape index (κ3) is 4.26. The van der Waals surface area contributed by atoms with Crippen LogP contribution in [-0.2, 0) is 4.79 Å². The van der Waals surface area contributed by atoms with E-state index in [1.807, 2.05) is 0 Å². The van der Waals surface area contributed by atoms with Gasteiger partial charge in [0.05, 0.1) is 21.0 Å². The Morgan fingerprint density at radius 3 is 2.83 bits per heavy atom. The van der Waals surface area contributed by atoms with Crippen LogP contribution in [0.5, 0.6) is 0 Å². The number of amides is 1. The number of hydrogen-bond acceptors (Lipinski definition) is 6. The molecule has 156 valence electrons. The molecule has 1 aromatic carbocycles. The Balaban J connectivity index is 2.09. The first-order valence-corrected chi connectivity index (χ1v) is 10.0. The zero-order valence-electron chi connectivity index (χ0n) is 16.1. The SMILES string of the molecule is C=CCN1C(=S)N[C@H](c2ccc(Br)c([N+](=O)[O-])c2)C(C(=O)Nc2cc(C)on2)=C1C. The van der Waals surface area contributed by atoms with Gasteiger partial charge < -0.3 is 20.1 Å². The minimum atomic E-state index is -0.696. The van der Waals surface area contributed by atoms with Gasteiger partial charge in [0.25, 0.3) is 11.6 Å². The fourth-order valence-corrected chi connectivity index (χ4v) is 3.85. The van der Waals surface area contributed by atoms with Gasteiger partial charge in [-0.3, -0.25) is 14.9 Å². The molecule has 0 spiro atoms. The van der Waals surface area contributed by atoms with Crippen molar-refractivity contribution < 1.29 is 14.2 Å². The molecule has 11 heteroatoms. The molecule has 30 heavy (non-hydrogen) atoms. The fraction of sp³-hybridized carbons (Fsp3) is 0.211. The number of nitrogens with zero attached hydrogens (tertiary/aromatic N) is 3. The minimum absolute atomic E-state index is 0.113. The van der Waals surface area contributed by atoms with E-state index in [0.29, 0.717) is 38.7 Å². The molecule has 2 heterocycles. The van der Waals surface area contributed by atoms with Gasteiger partial charge in [0.2, 0.25) is 0 Å². The van der Waals surface area contributed by atoms with Crippen LogP contribution in [0.15, 0.2) is 57.2 Å². The number of anilines is 1. The van der Waals surface area contributed by atoms with Crippen LogP contribution in [0.25, 0.3) is 0 Å². The van der Waals surface area contributed by atoms with Gasteiger partial charge in [-0.1, -0.05) is 17.3 Å². The van der Waals surface area contributed by atoms with Crippen LogP contribution in [0.2, 0.25) is 0 Å². The topological polar surface area (TPSA) is 114 Å². The summed E-state index contributed by atoms with van der Waals surface area (Å²) in [5, 5.41) is 21.4. The molecule has 0 aliphatic carbocycles. The van der Waals surface area contributed by atoms with Crippen molar-refractivity contribution in [2.45, 2.75) is 19.9 Å². The molecule has 1 aliphatic rings. The highest BCUT2D eigenvalue weighted by atomic mass is 79.9. The number of nitrogens with one attached hydrogen (secondary N) is 2. The molecule has 2 aromatic rings. The van der Waals surface area contributed by atoms with Crippen LogP contribution in [0, 0.1) is 17.0 Å². The number of nitro benzene ring substituents is 1. The van der Waals surface area contributed by atoms with E-state index in [1.165, 1.54) is 6.07 Å². The van der Waals surface area contributed by atoms with Crippen molar-refractivity contribution in [1.82, 2.24) is 15.4 Å². The highest BCUT2D eigenvalue weighted by Gasteiger charge is 2.34. The highest BCUT2D eigenvalue weighted by molar-refractivity contribution is 9.10. The van der Waals surface area contributed by atoms with E-state index in [-0.39, 0.29) is 11.5 Å². The van der Waals surface area contributed by atoms with Gasteiger partial charge in [-0.05, 0) is 53.6 Å². The molecule has 0 bridgehead atoms. The van der Waals surface area contributed by atoms with Crippen molar-refractivity contribution in [1.29, 1.82) is 0 Å². The molecule has 0 unspecified atom stereocenters. The number of allylic oxidation sites excluding steroid dienone is 1. The maximum absolute atomic E-state index is 13.2. The number of hydrogen-bond donors (Lipinski definition) is 2. The summed E-state index contributed by atoms with van der Waals surface area (Å²) in [5.74, 6) is 0.384. The van der Waals surface area contributed by atoms with Gasteiger partial charge in [-0.15, -0.1) is 6.58 Å². The predicted molar refractivity (Wildman–Crippen MR) is 119 cm³/mol. The Morgan fingerprint density at radius 1 is 1.50 bits per heavy atom. The van der Waals surface area contributed by atoms with E-state index in [0.717, 1.165) is 0 Å². The van der Waals surface area contributed by atoms with Gasteiger partial charge in [-0.25, -0.2) is 0 Å². The smallest absolute Gasteiger partial charge is 0.283 e. The number of carbonyl (C=O) groups excluding carboxylic acids is 1. The van der Waals surface area contributed by atoms with E-state index in [9.17, 15) is 14.9 Å². The zero-order valence-corrected chi connectivity index (χ0v) is 18.5. The lowest BCUT2D eigenvalue weighted by Crippen LogP contribution is -2.48. The summed E-state index contributed by atoms with van der Waals surface area (Å²) in [6.45, 7) is 7.60. The molecule has 1 aromatic heterocycles. The molecule has 0 saturated heterocycles. The van der Waals surface area contributed by atoms with E-state index in [1.54, 1.807) is 43.0 Å². The molecule has 1 aliphatic heterocycles. The van der Waals surface area contributed by atoms with Crippen molar-refractivity contribution in [3.63, 3.8) is 0 Å². The van der Waals surface area contributed by atoms with E-state index in [4.69, 9.17) is 16.7 Å². The van der Waals surface area contributed by atoms with Gasteiger partial charge in [-0.2, -0.15) is 0 Å². The normalized spacial score (nSPS) is 16.3. The second-order valence-electron chi connectivity index (χ2n) is 6.53. The van der Waals surface area contributed by atoms with E-state index >= 15 is 0 Å². The van der Waals surface area contributed by atoms with Crippen LogP contribution in [-0.4, -0.2) is 32.5 Å². The van der Waals surface area contributed by atoms with E-state index in [2.05, 4.69) is 38.3 Å². The molecule has 0 radical (unpaired) electrons. The Kier molecular flexibility index (Phi) is 6.32. The molecule has 0 fully saturated rings. The number of nitro groups is 1. The first kappa shape index (κ1) is 21.7. The van der Waals surface area contributed by atoms with Crippen molar-refractivity contribution in [2.75, 3.05) is 11.9 Å². The van der Waals surface area contributed by atoms with E-state index < -0.39 is 16.9 Å². The van der Waals surface area contributed by atoms with Crippen molar-refractivity contribution in [3.05, 3.63) is 74.1 Å². The van der Waals surface area contributed by atoms with Gasteiger partial charge in [0.15, 0.2) is 10.9 Å². The van der Waals surface area contributed by atoms with Gasteiger partial charge >= 0.3 is 0 Å². The maximum atomic E-state index is 13.2. The van der Waals surface area contributed by atoms with Crippen molar-refractivity contribution in [3.8, 4) is 0 Å². The molecule has 9 nitrogen and oxygen atoms in total. The summed E-state index contributed by atoms with van der Waals surface area (Å²) >= 11 is 8.64. The molecular weight excluding hydrogens is 474 g/mol. The van der Waals surface area contributed by atoms with Crippen LogP contribution in [0.3, 0.4) is 0 Å². The Labute approximate surface area is 186 Å². The van der Waals surface area contributed by atoms with Crippen molar-refractivity contribution in [2.24, 2.45) is 0 Å². The second-order valence-corrected chi connectivity index (χ2v) is 7.77. The minimum Gasteiger partial charge on any atom is -0.360 e. The van der Waals surface area contributed by atoms with Gasteiger partial charge in [0.1, 0.15) is 5.76 Å². The van der Waals surface area contributed by atoms with Crippen LogP contribution in [0.1, 0.15) is 24.3 Å². The summed E-state index contributed by atoms with van der Waals surface area (Å²) in [6, 6.07) is 5.57. The third-order valence-electron chi connectivity index (χ3n) is 4.52. The standard InChI is InChI=1S/C19H18BrN5O4S/c1-4-7-24-11(3)16(18(26)21-15-8-10(2)29-23-15)17(22-19(24)30)12-5-6-13(20)14(9-12)25(27)28/h4-6,8-9,17H,1,7H2,2-3H3,(H,22,30)(H,21,23,26)/t17-/m1/s1. The average molecular weight is 492 g/mol. The molecule has 0 saturated carbocycles. The predicted octanol–water partition coefficient (Wildman–Crippen LogP) is 3.98. The number of aromatic nitrogens is 1. The second kappa shape index (κ2) is 8.76. The maximum Gasteiger partial charge on any atom is 0.283 e. The Morgan fingerprint density at radius 2 is 2.23 bits per heavy atom. The summed E-state index contributed by atoms with van der Waals surface area (Å²) in [4.78, 5) is 25.8. The Bertz CT molecular complexity index is 1080. The first-order valence-electron chi connectivity index (χ1n) is 8.81. The molecule has 1 atom stereocenters. The quantitative estimate of drug-likeness (QED) is 0.270. The molecule has 1 amide bonds. The zero-order chi connectivity index (χ0) is 22.0. The largest absolute Gasteiger partial charge is 0.360 e. The molecule has 2 N–H and O–H groups in total. The number of halogens is 1. The van der Waals surface area contributed by atoms with Crippen LogP contribution in [0.4, 0.5) is 11.5 Å². The average Bonchev–Trinajstić information content (AvgIpc) is 3.09. The lowest BCUT2D eigenvalue weighted by Gasteiger charge is -2.37. The van der Waals surface area contributed by atoms with Gasteiger partial charge in [0, 0.05) is 24.4 Å². The molecular formula is C19H18BrN5O4S. The first-order chi connectivity index (χ1) is 14.2. The summed E-state index contributed by atoms with van der Waals surface area (Å²) in [7, 11) is 0. The number of rotatable bonds is 6. The van der Waals surface area contributed by atoms with Crippen LogP contribution >= 0.6 is 28.1 Å². The number of carbonyl (C=O) groups is 1.